The average molecular weight is 419 g/mol. The Morgan fingerprint density at radius 1 is 1.35 bits per heavy atom. The molecule has 4 nitrogen and oxygen atoms in total. The number of nitrogens with one attached hydrogen (secondary N) is 2. The van der Waals surface area contributed by atoms with E-state index in [1.54, 1.807) is 12.1 Å². The Balaban J connectivity index is 2.44. The van der Waals surface area contributed by atoms with Gasteiger partial charge in [0.2, 0.25) is 0 Å². The largest absolute Gasteiger partial charge is 0.489 e. The maximum atomic E-state index is 12.8. The van der Waals surface area contributed by atoms with E-state index in [9.17, 15) is 4.21 Å². The Hall–Kier alpha value is -0.590. The van der Waals surface area contributed by atoms with Crippen molar-refractivity contribution in [2.45, 2.75) is 44.4 Å². The van der Waals surface area contributed by atoms with Crippen LogP contribution in [0, 0.1) is 5.92 Å². The van der Waals surface area contributed by atoms with Gasteiger partial charge in [0, 0.05) is 11.6 Å². The van der Waals surface area contributed by atoms with Gasteiger partial charge < -0.3 is 10.1 Å². The van der Waals surface area contributed by atoms with Crippen LogP contribution >= 0.6 is 23.2 Å². The third kappa shape index (κ3) is 5.70. The third-order valence-electron chi connectivity index (χ3n) is 4.39. The molecule has 2 atom stereocenters. The number of piperidine rings is 1. The minimum atomic E-state index is -1.22. The Labute approximate surface area is 169 Å². The molecule has 146 valence electrons. The van der Waals surface area contributed by atoms with Crippen molar-refractivity contribution in [1.29, 1.82) is 0 Å². The number of hydrogen-bond acceptors (Lipinski definition) is 3. The summed E-state index contributed by atoms with van der Waals surface area (Å²) < 4.78 is 21.7. The van der Waals surface area contributed by atoms with Crippen molar-refractivity contribution in [3.05, 3.63) is 40.4 Å². The van der Waals surface area contributed by atoms with Gasteiger partial charge in [-0.1, -0.05) is 35.9 Å². The number of rotatable bonds is 7. The Morgan fingerprint density at radius 2 is 1.96 bits per heavy atom. The first-order valence-corrected chi connectivity index (χ1v) is 10.8. The van der Waals surface area contributed by atoms with Gasteiger partial charge in [-0.3, -0.25) is 0 Å². The van der Waals surface area contributed by atoms with Gasteiger partial charge in [-0.25, -0.2) is 8.93 Å². The number of halogens is 2. The first-order valence-electron chi connectivity index (χ1n) is 8.85. The zero-order chi connectivity index (χ0) is 19.3. The second kappa shape index (κ2) is 9.56. The van der Waals surface area contributed by atoms with E-state index in [1.807, 2.05) is 26.8 Å². The van der Waals surface area contributed by atoms with Gasteiger partial charge in [-0.15, -0.1) is 0 Å². The molecule has 1 saturated heterocycles. The van der Waals surface area contributed by atoms with E-state index in [1.165, 1.54) is 0 Å². The maximum Gasteiger partial charge on any atom is 0.126 e. The molecule has 1 aromatic carbocycles. The van der Waals surface area contributed by atoms with Crippen LogP contribution in [-0.4, -0.2) is 28.7 Å². The van der Waals surface area contributed by atoms with E-state index in [4.69, 9.17) is 27.9 Å². The molecule has 1 fully saturated rings. The van der Waals surface area contributed by atoms with Crippen molar-refractivity contribution >= 4 is 34.2 Å². The lowest BCUT2D eigenvalue weighted by molar-refractivity contribution is 0.295. The molecular weight excluding hydrogens is 391 g/mol. The van der Waals surface area contributed by atoms with Crippen molar-refractivity contribution in [3.8, 4) is 5.75 Å². The average Bonchev–Trinajstić information content (AvgIpc) is 2.60. The van der Waals surface area contributed by atoms with Crippen LogP contribution in [0.3, 0.4) is 0 Å². The molecular formula is C19H28Cl2N2O2S. The van der Waals surface area contributed by atoms with Crippen LogP contribution in [0.25, 0.3) is 0 Å². The zero-order valence-electron chi connectivity index (χ0n) is 15.6. The highest BCUT2D eigenvalue weighted by Crippen LogP contribution is 2.39. The topological polar surface area (TPSA) is 50.4 Å². The van der Waals surface area contributed by atoms with Gasteiger partial charge >= 0.3 is 0 Å². The fourth-order valence-corrected chi connectivity index (χ4v) is 4.17. The minimum Gasteiger partial charge on any atom is -0.489 e. The predicted molar refractivity (Wildman–Crippen MR) is 112 cm³/mol. The molecule has 2 N–H and O–H groups in total. The molecule has 0 radical (unpaired) electrons. The van der Waals surface area contributed by atoms with E-state index in [0.717, 1.165) is 31.5 Å². The fraction of sp³-hybridized carbons (Fsp3) is 0.579. The number of hydrogen-bond donors (Lipinski definition) is 2. The molecule has 0 aromatic heterocycles. The zero-order valence-corrected chi connectivity index (χ0v) is 17.9. The Bertz CT molecular complexity index is 656. The highest BCUT2D eigenvalue weighted by Gasteiger charge is 2.32. The second-order valence-corrected chi connectivity index (χ2v) is 10.3. The molecule has 2 rings (SSSR count). The summed E-state index contributed by atoms with van der Waals surface area (Å²) in [5.74, 6) is 0.979. The van der Waals surface area contributed by atoms with E-state index in [0.29, 0.717) is 28.3 Å². The van der Waals surface area contributed by atoms with Gasteiger partial charge in [0.25, 0.3) is 0 Å². The highest BCUT2D eigenvalue weighted by molar-refractivity contribution is 7.84. The summed E-state index contributed by atoms with van der Waals surface area (Å²) in [6.45, 7) is 11.8. The lowest BCUT2D eigenvalue weighted by Gasteiger charge is -2.34. The van der Waals surface area contributed by atoms with Crippen LogP contribution < -0.4 is 14.8 Å². The number of ether oxygens (including phenoxy) is 1. The normalized spacial score (nSPS) is 18.3. The van der Waals surface area contributed by atoms with Gasteiger partial charge in [-0.05, 0) is 58.7 Å². The van der Waals surface area contributed by atoms with Crippen molar-refractivity contribution in [2.75, 3.05) is 19.7 Å². The third-order valence-corrected chi connectivity index (χ3v) is 6.69. The summed E-state index contributed by atoms with van der Waals surface area (Å²) in [7, 11) is -1.22. The standard InChI is InChI=1S/C19H28Cl2N2O2S/c1-5-10-25-17-12-16(21)15(20)11-14(17)18(13-6-8-22-9-7-13)23-26(24)19(2,3)4/h5,11-13,18,22-23H,1,6-10H2,2-4H3/t18-,26+/m1/s1. The molecule has 0 aliphatic carbocycles. The SMILES string of the molecule is C=CCOc1cc(Cl)c(Cl)cc1[C@H](N[S@@](=O)C(C)(C)C)C1CCNCC1. The van der Waals surface area contributed by atoms with Gasteiger partial charge in [0.15, 0.2) is 0 Å². The first kappa shape index (κ1) is 21.7. The summed E-state index contributed by atoms with van der Waals surface area (Å²) in [6, 6.07) is 3.44. The molecule has 7 heteroatoms. The lowest BCUT2D eigenvalue weighted by atomic mass is 9.86. The minimum absolute atomic E-state index is 0.133. The first-order chi connectivity index (χ1) is 12.2. The number of benzene rings is 1. The smallest absolute Gasteiger partial charge is 0.126 e. The van der Waals surface area contributed by atoms with E-state index in [-0.39, 0.29) is 10.8 Å². The lowest BCUT2D eigenvalue weighted by Crippen LogP contribution is -2.41. The van der Waals surface area contributed by atoms with Gasteiger partial charge in [0.05, 0.1) is 31.8 Å². The van der Waals surface area contributed by atoms with Crippen LogP contribution in [0.15, 0.2) is 24.8 Å². The molecule has 0 unspecified atom stereocenters. The van der Waals surface area contributed by atoms with Crippen molar-refractivity contribution in [3.63, 3.8) is 0 Å². The molecule has 1 aliphatic heterocycles. The molecule has 0 spiro atoms. The second-order valence-electron chi connectivity index (χ2n) is 7.47. The summed E-state index contributed by atoms with van der Waals surface area (Å²) in [5.41, 5.74) is 0.894. The van der Waals surface area contributed by atoms with Crippen molar-refractivity contribution < 1.29 is 8.95 Å². The van der Waals surface area contributed by atoms with Crippen LogP contribution in [0.5, 0.6) is 5.75 Å². The van der Waals surface area contributed by atoms with Crippen molar-refractivity contribution in [1.82, 2.24) is 10.0 Å². The highest BCUT2D eigenvalue weighted by atomic mass is 35.5. The van der Waals surface area contributed by atoms with E-state index in [2.05, 4.69) is 16.6 Å². The molecule has 0 amide bonds. The summed E-state index contributed by atoms with van der Waals surface area (Å²) in [4.78, 5) is 0. The molecule has 1 aromatic rings. The molecule has 0 bridgehead atoms. The summed E-state index contributed by atoms with van der Waals surface area (Å²) in [5, 5.41) is 4.29. The van der Waals surface area contributed by atoms with Crippen LogP contribution in [0.4, 0.5) is 0 Å². The molecule has 1 aliphatic rings. The Morgan fingerprint density at radius 3 is 2.54 bits per heavy atom. The monoisotopic (exact) mass is 418 g/mol. The van der Waals surface area contributed by atoms with E-state index < -0.39 is 11.0 Å². The predicted octanol–water partition coefficient (Wildman–Crippen LogP) is 4.65. The summed E-state index contributed by atoms with van der Waals surface area (Å²) >= 11 is 12.5. The van der Waals surface area contributed by atoms with Crippen molar-refractivity contribution in [2.24, 2.45) is 5.92 Å². The molecule has 1 heterocycles. The summed E-state index contributed by atoms with van der Waals surface area (Å²) in [6.07, 6.45) is 3.66. The fourth-order valence-electron chi connectivity index (χ4n) is 2.94. The quantitative estimate of drug-likeness (QED) is 0.633. The van der Waals surface area contributed by atoms with Crippen LogP contribution in [0.2, 0.25) is 10.0 Å². The Kier molecular flexibility index (Phi) is 7.98. The van der Waals surface area contributed by atoms with E-state index >= 15 is 0 Å². The van der Waals surface area contributed by atoms with Gasteiger partial charge in [-0.2, -0.15) is 0 Å². The molecule has 0 saturated carbocycles. The molecule has 26 heavy (non-hydrogen) atoms. The van der Waals surface area contributed by atoms with Crippen LogP contribution in [0.1, 0.15) is 45.2 Å². The van der Waals surface area contributed by atoms with Gasteiger partial charge in [0.1, 0.15) is 12.4 Å². The van der Waals surface area contributed by atoms with Crippen LogP contribution in [-0.2, 0) is 11.0 Å². The maximum absolute atomic E-state index is 12.8.